The fourth-order valence-corrected chi connectivity index (χ4v) is 8.73. The molecular weight excluding hydrogens is 976 g/mol. The van der Waals surface area contributed by atoms with Crippen molar-refractivity contribution in [1.82, 2.24) is 0 Å². The summed E-state index contributed by atoms with van der Waals surface area (Å²) < 4.78 is 39.5. The maximum absolute atomic E-state index is 12.9. The standard InChI is InChI=1S/C64H109O11P/c1-4-7-10-13-16-19-22-25-27-29-30-32-34-37-40-43-46-49-52-55-64(68)75-61(57-71-62(66)53-50-47-44-41-38-35-24-21-18-15-12-9-6-3)59-73-76(69,70)72-58-60(56-65)74-63(67)54-51-48-45-42-39-36-33-31-28-26-23-20-17-14-11-8-5-2/h7,10,12,15-16,19,21,24-25,27,30,32,37,40,46,49,60-61,65H,4-6,8-9,11,13-14,17-18,20,22-23,26,28-29,31,33-36,38-39,41-45,47-48,50-59H2,1-3H3,(H,69,70)/b10-7-,15-12-,19-16-,24-21-,27-25-,32-30-,40-37-,49-46-. The second kappa shape index (κ2) is 57.6. The lowest BCUT2D eigenvalue weighted by Gasteiger charge is -2.21. The first-order chi connectivity index (χ1) is 37.2. The zero-order valence-electron chi connectivity index (χ0n) is 48.2. The summed E-state index contributed by atoms with van der Waals surface area (Å²) in [6, 6.07) is 0. The molecule has 3 atom stereocenters. The Bertz CT molecular complexity index is 1640. The van der Waals surface area contributed by atoms with E-state index in [-0.39, 0.29) is 25.9 Å². The van der Waals surface area contributed by atoms with Gasteiger partial charge in [-0.1, -0.05) is 246 Å². The van der Waals surface area contributed by atoms with E-state index in [1.807, 2.05) is 12.2 Å². The summed E-state index contributed by atoms with van der Waals surface area (Å²) in [5.41, 5.74) is 0. The number of esters is 3. The lowest BCUT2D eigenvalue weighted by atomic mass is 10.0. The minimum Gasteiger partial charge on any atom is -0.462 e. The van der Waals surface area contributed by atoms with E-state index in [1.165, 1.54) is 83.5 Å². The minimum atomic E-state index is -4.78. The van der Waals surface area contributed by atoms with Gasteiger partial charge in [0, 0.05) is 19.3 Å². The summed E-state index contributed by atoms with van der Waals surface area (Å²) in [4.78, 5) is 48.6. The van der Waals surface area contributed by atoms with E-state index in [2.05, 4.69) is 106 Å². The largest absolute Gasteiger partial charge is 0.472 e. The molecule has 436 valence electrons. The number of ether oxygens (including phenoxy) is 3. The third-order valence-corrected chi connectivity index (χ3v) is 13.4. The Hall–Kier alpha value is -3.60. The molecule has 0 aliphatic rings. The fraction of sp³-hybridized carbons (Fsp3) is 0.703. The first-order valence-corrected chi connectivity index (χ1v) is 31.6. The van der Waals surface area contributed by atoms with Crippen molar-refractivity contribution in [3.05, 3.63) is 97.2 Å². The van der Waals surface area contributed by atoms with Gasteiger partial charge in [0.25, 0.3) is 0 Å². The number of aliphatic hydroxyl groups is 1. The van der Waals surface area contributed by atoms with E-state index in [0.717, 1.165) is 103 Å². The van der Waals surface area contributed by atoms with Crippen LogP contribution in [0.15, 0.2) is 97.2 Å². The third-order valence-electron chi connectivity index (χ3n) is 12.5. The van der Waals surface area contributed by atoms with Gasteiger partial charge in [0.2, 0.25) is 0 Å². The lowest BCUT2D eigenvalue weighted by molar-refractivity contribution is -0.161. The number of hydrogen-bond donors (Lipinski definition) is 2. The zero-order chi connectivity index (χ0) is 55.5. The number of carbonyl (C=O) groups is 3. The van der Waals surface area contributed by atoms with Crippen molar-refractivity contribution in [3.63, 3.8) is 0 Å². The molecule has 0 amide bonds. The zero-order valence-corrected chi connectivity index (χ0v) is 49.1. The highest BCUT2D eigenvalue weighted by molar-refractivity contribution is 7.47. The summed E-state index contributed by atoms with van der Waals surface area (Å²) in [5, 5.41) is 9.83. The van der Waals surface area contributed by atoms with E-state index in [4.69, 9.17) is 23.3 Å². The molecule has 76 heavy (non-hydrogen) atoms. The molecule has 0 bridgehead atoms. The molecule has 3 unspecified atom stereocenters. The molecule has 0 fully saturated rings. The van der Waals surface area contributed by atoms with E-state index in [1.54, 1.807) is 0 Å². The Labute approximate surface area is 463 Å². The van der Waals surface area contributed by atoms with Crippen molar-refractivity contribution in [2.45, 2.75) is 264 Å². The van der Waals surface area contributed by atoms with Crippen LogP contribution < -0.4 is 0 Å². The van der Waals surface area contributed by atoms with Crippen LogP contribution in [0, 0.1) is 0 Å². The van der Waals surface area contributed by atoms with Crippen molar-refractivity contribution >= 4 is 25.7 Å². The van der Waals surface area contributed by atoms with Crippen LogP contribution in [0.3, 0.4) is 0 Å². The van der Waals surface area contributed by atoms with Crippen LogP contribution in [0.5, 0.6) is 0 Å². The Morgan fingerprint density at radius 3 is 1.18 bits per heavy atom. The number of aliphatic hydroxyl groups excluding tert-OH is 1. The third kappa shape index (κ3) is 55.2. The van der Waals surface area contributed by atoms with Gasteiger partial charge in [-0.15, -0.1) is 0 Å². The van der Waals surface area contributed by atoms with Crippen LogP contribution in [-0.2, 0) is 42.2 Å². The fourth-order valence-electron chi connectivity index (χ4n) is 7.95. The van der Waals surface area contributed by atoms with Crippen molar-refractivity contribution in [3.8, 4) is 0 Å². The maximum Gasteiger partial charge on any atom is 0.472 e. The van der Waals surface area contributed by atoms with Gasteiger partial charge in [-0.2, -0.15) is 0 Å². The second-order valence-corrected chi connectivity index (χ2v) is 21.2. The molecule has 12 heteroatoms. The molecule has 0 radical (unpaired) electrons. The second-order valence-electron chi connectivity index (χ2n) is 19.8. The molecule has 0 rings (SSSR count). The maximum atomic E-state index is 12.9. The summed E-state index contributed by atoms with van der Waals surface area (Å²) >= 11 is 0. The first kappa shape index (κ1) is 72.4. The predicted molar refractivity (Wildman–Crippen MR) is 316 cm³/mol. The van der Waals surface area contributed by atoms with Crippen molar-refractivity contribution in [2.75, 3.05) is 26.4 Å². The lowest BCUT2D eigenvalue weighted by Crippen LogP contribution is -2.30. The molecular formula is C64H109O11P. The van der Waals surface area contributed by atoms with Crippen LogP contribution in [-0.4, -0.2) is 66.5 Å². The average molecular weight is 1090 g/mol. The summed E-state index contributed by atoms with van der Waals surface area (Å²) in [7, 11) is -4.78. The van der Waals surface area contributed by atoms with Gasteiger partial charge in [0.05, 0.1) is 19.8 Å². The van der Waals surface area contributed by atoms with Crippen LogP contribution >= 0.6 is 7.82 Å². The minimum absolute atomic E-state index is 0.0364. The summed E-state index contributed by atoms with van der Waals surface area (Å²) in [6.45, 7) is 4.38. The molecule has 0 aliphatic heterocycles. The molecule has 0 aromatic carbocycles. The van der Waals surface area contributed by atoms with Gasteiger partial charge in [0.1, 0.15) is 12.7 Å². The van der Waals surface area contributed by atoms with E-state index >= 15 is 0 Å². The quantitative estimate of drug-likeness (QED) is 0.0197. The van der Waals surface area contributed by atoms with Gasteiger partial charge in [-0.3, -0.25) is 23.4 Å². The van der Waals surface area contributed by atoms with Crippen LogP contribution in [0.1, 0.15) is 252 Å². The van der Waals surface area contributed by atoms with Crippen LogP contribution in [0.4, 0.5) is 0 Å². The van der Waals surface area contributed by atoms with E-state index in [0.29, 0.717) is 25.7 Å². The molecule has 11 nitrogen and oxygen atoms in total. The average Bonchev–Trinajstić information content (AvgIpc) is 3.41. The Kier molecular flexibility index (Phi) is 54.8. The first-order valence-electron chi connectivity index (χ1n) is 30.1. The van der Waals surface area contributed by atoms with Crippen LogP contribution in [0.25, 0.3) is 0 Å². The molecule has 0 aliphatic carbocycles. The number of phosphoric acid groups is 1. The van der Waals surface area contributed by atoms with Gasteiger partial charge in [-0.05, 0) is 83.5 Å². The molecule has 0 heterocycles. The van der Waals surface area contributed by atoms with E-state index in [9.17, 15) is 28.9 Å². The smallest absolute Gasteiger partial charge is 0.462 e. The highest BCUT2D eigenvalue weighted by atomic mass is 31.2. The van der Waals surface area contributed by atoms with Gasteiger partial charge < -0.3 is 24.2 Å². The number of hydrogen-bond acceptors (Lipinski definition) is 10. The van der Waals surface area contributed by atoms with Crippen molar-refractivity contribution in [1.29, 1.82) is 0 Å². The van der Waals surface area contributed by atoms with Gasteiger partial charge in [0.15, 0.2) is 6.10 Å². The Balaban J connectivity index is 4.79. The number of unbranched alkanes of at least 4 members (excludes halogenated alkanes) is 22. The predicted octanol–water partition coefficient (Wildman–Crippen LogP) is 18.0. The normalized spacial score (nSPS) is 14.0. The number of rotatable bonds is 55. The molecule has 0 saturated heterocycles. The Morgan fingerprint density at radius 2 is 0.737 bits per heavy atom. The molecule has 2 N–H and O–H groups in total. The number of phosphoric ester groups is 1. The molecule has 0 spiro atoms. The van der Waals surface area contributed by atoms with Crippen molar-refractivity contribution in [2.24, 2.45) is 0 Å². The van der Waals surface area contributed by atoms with Crippen LogP contribution in [0.2, 0.25) is 0 Å². The number of allylic oxidation sites excluding steroid dienone is 16. The van der Waals surface area contributed by atoms with Gasteiger partial charge in [-0.25, -0.2) is 4.57 Å². The summed E-state index contributed by atoms with van der Waals surface area (Å²) in [5.74, 6) is -1.58. The molecule has 0 aromatic rings. The molecule has 0 aromatic heterocycles. The topological polar surface area (TPSA) is 155 Å². The SMILES string of the molecule is CC/C=C\C/C=C\C/C=C\C/C=C\C/C=C\C/C=C\CCC(=O)OC(COC(=O)CCCCCCC/C=C\C/C=C\CCC)COP(=O)(O)OCC(CO)OC(=O)CCCCCCCCCCCCCCCCCCC. The summed E-state index contributed by atoms with van der Waals surface area (Å²) in [6.07, 6.45) is 68.1. The molecule has 0 saturated carbocycles. The van der Waals surface area contributed by atoms with Gasteiger partial charge >= 0.3 is 25.7 Å². The van der Waals surface area contributed by atoms with Crippen molar-refractivity contribution < 1.29 is 52.2 Å². The highest BCUT2D eigenvalue weighted by Crippen LogP contribution is 2.43. The highest BCUT2D eigenvalue weighted by Gasteiger charge is 2.28. The monoisotopic (exact) mass is 1080 g/mol. The number of carbonyl (C=O) groups excluding carboxylic acids is 3. The van der Waals surface area contributed by atoms with E-state index < -0.39 is 57.8 Å². The Morgan fingerprint density at radius 1 is 0.382 bits per heavy atom.